The van der Waals surface area contributed by atoms with Gasteiger partial charge < -0.3 is 5.73 Å². The molecule has 1 aliphatic heterocycles. The quantitative estimate of drug-likeness (QED) is 0.506. The summed E-state index contributed by atoms with van der Waals surface area (Å²) in [4.78, 5) is 0. The Hall–Kier alpha value is 0.300. The van der Waals surface area contributed by atoms with Crippen LogP contribution in [-0.4, -0.2) is 5.66 Å². The van der Waals surface area contributed by atoms with Gasteiger partial charge in [0.05, 0.1) is 5.66 Å². The first-order valence-electron chi connectivity index (χ1n) is 2.10. The first-order valence-corrected chi connectivity index (χ1v) is 2.98. The van der Waals surface area contributed by atoms with E-state index in [-0.39, 0.29) is 18.1 Å². The summed E-state index contributed by atoms with van der Waals surface area (Å²) in [5.74, 6) is 0. The zero-order valence-electron chi connectivity index (χ0n) is 4.55. The number of hydrogen-bond acceptors (Lipinski definition) is 3. The molecule has 1 atom stereocenters. The molecule has 0 aromatic carbocycles. The van der Waals surface area contributed by atoms with Crippen molar-refractivity contribution in [2.45, 2.75) is 12.6 Å². The topological polar surface area (TPSA) is 38.0 Å². The lowest BCUT2D eigenvalue weighted by Crippen LogP contribution is -2.42. The summed E-state index contributed by atoms with van der Waals surface area (Å²) < 4.78 is 2.98. The van der Waals surface area contributed by atoms with Crippen molar-refractivity contribution in [2.75, 3.05) is 0 Å². The molecule has 1 heterocycles. The van der Waals surface area contributed by atoms with Gasteiger partial charge in [0.2, 0.25) is 0 Å². The molecule has 0 bridgehead atoms. The van der Waals surface area contributed by atoms with Crippen molar-refractivity contribution in [1.82, 2.24) is 4.72 Å². The lowest BCUT2D eigenvalue weighted by Gasteiger charge is -2.12. The third-order valence-electron chi connectivity index (χ3n) is 0.761. The van der Waals surface area contributed by atoms with E-state index >= 15 is 0 Å². The van der Waals surface area contributed by atoms with Gasteiger partial charge >= 0.3 is 0 Å². The second-order valence-electron chi connectivity index (χ2n) is 1.81. The number of hydrogen-bond donors (Lipinski definition) is 2. The van der Waals surface area contributed by atoms with E-state index in [4.69, 9.17) is 5.73 Å². The average Bonchev–Trinajstić information content (AvgIpc) is 1.84. The van der Waals surface area contributed by atoms with Crippen LogP contribution in [0.25, 0.3) is 0 Å². The highest BCUT2D eigenvalue weighted by Gasteiger charge is 2.16. The van der Waals surface area contributed by atoms with Crippen molar-refractivity contribution in [1.29, 1.82) is 0 Å². The summed E-state index contributed by atoms with van der Waals surface area (Å²) in [7, 11) is 0. The van der Waals surface area contributed by atoms with Crippen LogP contribution in [0, 0.1) is 0 Å². The van der Waals surface area contributed by atoms with Crippen LogP contribution in [0.5, 0.6) is 0 Å². The molecule has 3 N–H and O–H groups in total. The predicted molar refractivity (Wildman–Crippen MR) is 39.7 cm³/mol. The molecule has 0 aromatic heterocycles. The van der Waals surface area contributed by atoms with Gasteiger partial charge in [-0.15, -0.1) is 12.4 Å². The van der Waals surface area contributed by atoms with E-state index in [0.29, 0.717) is 0 Å². The van der Waals surface area contributed by atoms with Gasteiger partial charge in [-0.1, -0.05) is 11.9 Å². The van der Waals surface area contributed by atoms with Gasteiger partial charge in [-0.3, -0.25) is 0 Å². The highest BCUT2D eigenvalue weighted by atomic mass is 35.5. The van der Waals surface area contributed by atoms with Crippen LogP contribution >= 0.6 is 24.4 Å². The Labute approximate surface area is 59.4 Å². The molecule has 1 rings (SSSR count). The Morgan fingerprint density at radius 3 is 2.50 bits per heavy atom. The van der Waals surface area contributed by atoms with Crippen LogP contribution in [0.3, 0.4) is 0 Å². The van der Waals surface area contributed by atoms with E-state index < -0.39 is 0 Å². The summed E-state index contributed by atoms with van der Waals surface area (Å²) in [6, 6.07) is 0. The zero-order chi connectivity index (χ0) is 5.33. The lowest BCUT2D eigenvalue weighted by atomic mass is 10.2. The summed E-state index contributed by atoms with van der Waals surface area (Å²) in [6.07, 6.45) is 1.93. The fraction of sp³-hybridized carbons (Fsp3) is 0.500. The second kappa shape index (κ2) is 2.73. The molecule has 4 heteroatoms. The van der Waals surface area contributed by atoms with Crippen LogP contribution in [0.4, 0.5) is 0 Å². The minimum absolute atomic E-state index is 0. The summed E-state index contributed by atoms with van der Waals surface area (Å²) >= 11 is 1.53. The van der Waals surface area contributed by atoms with Gasteiger partial charge in [0.15, 0.2) is 0 Å². The van der Waals surface area contributed by atoms with E-state index in [2.05, 4.69) is 4.72 Å². The van der Waals surface area contributed by atoms with Gasteiger partial charge in [0.25, 0.3) is 0 Å². The molecule has 0 radical (unpaired) electrons. The molecule has 0 aromatic rings. The molecule has 0 spiro atoms. The monoisotopic (exact) mass is 152 g/mol. The number of rotatable bonds is 0. The Bertz CT molecular complexity index is 102. The van der Waals surface area contributed by atoms with Crippen LogP contribution in [0.1, 0.15) is 6.92 Å². The number of nitrogens with one attached hydrogen (secondary N) is 1. The van der Waals surface area contributed by atoms with Gasteiger partial charge in [0, 0.05) is 0 Å². The van der Waals surface area contributed by atoms with Gasteiger partial charge in [0.1, 0.15) is 0 Å². The SMILES string of the molecule is CC1(N)C=CSN1.Cl. The number of halogens is 1. The Morgan fingerprint density at radius 1 is 1.75 bits per heavy atom. The highest BCUT2D eigenvalue weighted by molar-refractivity contribution is 8.00. The van der Waals surface area contributed by atoms with E-state index in [1.54, 1.807) is 0 Å². The van der Waals surface area contributed by atoms with Gasteiger partial charge in [-0.2, -0.15) is 0 Å². The van der Waals surface area contributed by atoms with Crippen molar-refractivity contribution >= 4 is 24.4 Å². The van der Waals surface area contributed by atoms with Crippen molar-refractivity contribution in [3.63, 3.8) is 0 Å². The fourth-order valence-corrected chi connectivity index (χ4v) is 1.11. The van der Waals surface area contributed by atoms with Crippen LogP contribution < -0.4 is 10.5 Å². The first kappa shape index (κ1) is 8.30. The van der Waals surface area contributed by atoms with Gasteiger partial charge in [-0.25, -0.2) is 4.72 Å². The third-order valence-corrected chi connectivity index (χ3v) is 1.59. The molecular formula is C4H9ClN2S. The molecule has 1 unspecified atom stereocenters. The third kappa shape index (κ3) is 2.05. The van der Waals surface area contributed by atoms with Gasteiger partial charge in [-0.05, 0) is 18.4 Å². The summed E-state index contributed by atoms with van der Waals surface area (Å²) in [5.41, 5.74) is 5.29. The van der Waals surface area contributed by atoms with Crippen LogP contribution in [0.15, 0.2) is 11.5 Å². The van der Waals surface area contributed by atoms with Crippen LogP contribution in [0.2, 0.25) is 0 Å². The van der Waals surface area contributed by atoms with Crippen molar-refractivity contribution in [3.8, 4) is 0 Å². The molecule has 0 saturated carbocycles. The molecule has 0 amide bonds. The zero-order valence-corrected chi connectivity index (χ0v) is 6.18. The van der Waals surface area contributed by atoms with E-state index in [9.17, 15) is 0 Å². The Kier molecular flexibility index (Phi) is 2.83. The van der Waals surface area contributed by atoms with E-state index in [1.807, 2.05) is 18.4 Å². The Balaban J connectivity index is 0.000000490. The molecule has 48 valence electrons. The standard InChI is InChI=1S/C4H8N2S.ClH/c1-4(5)2-3-7-6-4;/h2-3,6H,5H2,1H3;1H. The van der Waals surface area contributed by atoms with Crippen molar-refractivity contribution in [2.24, 2.45) is 5.73 Å². The second-order valence-corrected chi connectivity index (χ2v) is 2.52. The van der Waals surface area contributed by atoms with Crippen LogP contribution in [-0.2, 0) is 0 Å². The maximum Gasteiger partial charge on any atom is 0.0927 e. The largest absolute Gasteiger partial charge is 0.310 e. The fourth-order valence-electron chi connectivity index (χ4n) is 0.370. The average molecular weight is 153 g/mol. The summed E-state index contributed by atoms with van der Waals surface area (Å²) in [5, 5.41) is 1.94. The highest BCUT2D eigenvalue weighted by Crippen LogP contribution is 2.13. The molecule has 1 aliphatic rings. The van der Waals surface area contributed by atoms with E-state index in [0.717, 1.165) is 0 Å². The lowest BCUT2D eigenvalue weighted by molar-refractivity contribution is 0.581. The van der Waals surface area contributed by atoms with Crippen molar-refractivity contribution < 1.29 is 0 Å². The summed E-state index contributed by atoms with van der Waals surface area (Å²) in [6.45, 7) is 1.92. The maximum absolute atomic E-state index is 5.56. The Morgan fingerprint density at radius 2 is 2.38 bits per heavy atom. The molecule has 0 fully saturated rings. The normalized spacial score (nSPS) is 34.8. The van der Waals surface area contributed by atoms with E-state index in [1.165, 1.54) is 11.9 Å². The molecular weight excluding hydrogens is 144 g/mol. The molecule has 0 aliphatic carbocycles. The molecule has 8 heavy (non-hydrogen) atoms. The smallest absolute Gasteiger partial charge is 0.0927 e. The molecule has 0 saturated heterocycles. The minimum atomic E-state index is -0.273. The number of nitrogens with two attached hydrogens (primary N) is 1. The molecule has 2 nitrogen and oxygen atoms in total. The maximum atomic E-state index is 5.56. The first-order chi connectivity index (χ1) is 3.21. The predicted octanol–water partition coefficient (Wildman–Crippen LogP) is 0.848. The minimum Gasteiger partial charge on any atom is -0.310 e. The van der Waals surface area contributed by atoms with Crippen molar-refractivity contribution in [3.05, 3.63) is 11.5 Å².